The van der Waals surface area contributed by atoms with Crippen LogP contribution in [0.4, 0.5) is 13.2 Å². The third-order valence-electron chi connectivity index (χ3n) is 3.99. The molecule has 6 nitrogen and oxygen atoms in total. The lowest BCUT2D eigenvalue weighted by molar-refractivity contribution is -0.274. The van der Waals surface area contributed by atoms with Gasteiger partial charge in [-0.05, 0) is 35.7 Å². The van der Waals surface area contributed by atoms with E-state index >= 15 is 0 Å². The number of rotatable bonds is 4. The lowest BCUT2D eigenvalue weighted by Crippen LogP contribution is -2.50. The Morgan fingerprint density at radius 3 is 2.19 bits per heavy atom. The highest BCUT2D eigenvalue weighted by Gasteiger charge is 2.32. The molecule has 1 aromatic carbocycles. The topological polar surface area (TPSA) is 66.9 Å². The smallest absolute Gasteiger partial charge is 0.406 e. The highest BCUT2D eigenvalue weighted by atomic mass is 32.2. The molecular formula is C16H15F3N2O4S2. The van der Waals surface area contributed by atoms with Gasteiger partial charge in [0.25, 0.3) is 5.91 Å². The van der Waals surface area contributed by atoms with Crippen LogP contribution < -0.4 is 4.74 Å². The molecule has 0 saturated carbocycles. The summed E-state index contributed by atoms with van der Waals surface area (Å²) in [6.07, 6.45) is -4.84. The quantitative estimate of drug-likeness (QED) is 0.763. The first-order chi connectivity index (χ1) is 12.7. The number of amides is 1. The Balaban J connectivity index is 1.65. The molecule has 11 heteroatoms. The first-order valence-electron chi connectivity index (χ1n) is 7.84. The third-order valence-corrected chi connectivity index (χ3v) is 6.59. The first-order valence-corrected chi connectivity index (χ1v) is 10.2. The van der Waals surface area contributed by atoms with Gasteiger partial charge < -0.3 is 9.64 Å². The van der Waals surface area contributed by atoms with E-state index in [1.165, 1.54) is 15.6 Å². The lowest BCUT2D eigenvalue weighted by Gasteiger charge is -2.33. The molecule has 1 amide bonds. The molecule has 2 heterocycles. The van der Waals surface area contributed by atoms with Crippen LogP contribution in [0.1, 0.15) is 10.4 Å². The molecule has 1 aliphatic rings. The minimum Gasteiger partial charge on any atom is -0.406 e. The van der Waals surface area contributed by atoms with E-state index in [1.807, 2.05) is 0 Å². The number of carbonyl (C=O) groups is 1. The number of sulfonamides is 1. The summed E-state index contributed by atoms with van der Waals surface area (Å²) in [5.41, 5.74) is 0.566. The molecule has 1 saturated heterocycles. The van der Waals surface area contributed by atoms with Crippen molar-refractivity contribution in [2.75, 3.05) is 26.2 Å². The lowest BCUT2D eigenvalue weighted by atomic mass is 10.2. The third kappa shape index (κ3) is 4.60. The van der Waals surface area contributed by atoms with Crippen LogP contribution in [-0.2, 0) is 10.0 Å². The highest BCUT2D eigenvalue weighted by molar-refractivity contribution is 7.89. The molecular weight excluding hydrogens is 405 g/mol. The number of nitrogens with zero attached hydrogens (tertiary/aromatic N) is 2. The Hall–Kier alpha value is -2.11. The van der Waals surface area contributed by atoms with Gasteiger partial charge in [-0.25, -0.2) is 8.42 Å². The predicted molar refractivity (Wildman–Crippen MR) is 92.1 cm³/mol. The van der Waals surface area contributed by atoms with E-state index in [1.54, 1.807) is 21.7 Å². The van der Waals surface area contributed by atoms with Gasteiger partial charge in [0.05, 0.1) is 10.5 Å². The molecule has 0 radical (unpaired) electrons. The fourth-order valence-corrected chi connectivity index (χ4v) is 4.71. The zero-order valence-electron chi connectivity index (χ0n) is 13.8. The fourth-order valence-electron chi connectivity index (χ4n) is 2.66. The molecule has 0 spiro atoms. The van der Waals surface area contributed by atoms with Crippen LogP contribution in [0.5, 0.6) is 5.75 Å². The normalized spacial score (nSPS) is 16.3. The molecule has 0 N–H and O–H groups in total. The van der Waals surface area contributed by atoms with E-state index in [9.17, 15) is 26.4 Å². The largest absolute Gasteiger partial charge is 0.573 e. The van der Waals surface area contributed by atoms with Gasteiger partial charge in [0.1, 0.15) is 5.75 Å². The minimum atomic E-state index is -4.84. The van der Waals surface area contributed by atoms with Crippen molar-refractivity contribution >= 4 is 27.3 Å². The summed E-state index contributed by atoms with van der Waals surface area (Å²) in [4.78, 5) is 13.7. The van der Waals surface area contributed by atoms with E-state index in [0.717, 1.165) is 24.3 Å². The highest BCUT2D eigenvalue weighted by Crippen LogP contribution is 2.25. The SMILES string of the molecule is O=C(c1ccsc1)N1CCN(S(=O)(=O)c2ccc(OC(F)(F)F)cc2)CC1. The summed E-state index contributed by atoms with van der Waals surface area (Å²) in [7, 11) is -3.86. The fraction of sp³-hybridized carbons (Fsp3) is 0.312. The van der Waals surface area contributed by atoms with Gasteiger partial charge in [-0.2, -0.15) is 15.6 Å². The van der Waals surface area contributed by atoms with Crippen LogP contribution >= 0.6 is 11.3 Å². The molecule has 2 aromatic rings. The number of halogens is 3. The maximum Gasteiger partial charge on any atom is 0.573 e. The van der Waals surface area contributed by atoms with Gasteiger partial charge in [0.15, 0.2) is 0 Å². The maximum absolute atomic E-state index is 12.7. The molecule has 0 bridgehead atoms. The number of piperazine rings is 1. The average Bonchev–Trinajstić information content (AvgIpc) is 3.15. The van der Waals surface area contributed by atoms with Crippen molar-refractivity contribution in [3.05, 3.63) is 46.7 Å². The number of thiophene rings is 1. The number of carbonyl (C=O) groups excluding carboxylic acids is 1. The van der Waals surface area contributed by atoms with Gasteiger partial charge >= 0.3 is 6.36 Å². The van der Waals surface area contributed by atoms with Crippen molar-refractivity contribution in [3.63, 3.8) is 0 Å². The van der Waals surface area contributed by atoms with Crippen molar-refractivity contribution in [3.8, 4) is 5.75 Å². The second-order valence-electron chi connectivity index (χ2n) is 5.73. The molecule has 0 aliphatic carbocycles. The summed E-state index contributed by atoms with van der Waals surface area (Å²) < 4.78 is 66.8. The second kappa shape index (κ2) is 7.49. The Bertz CT molecular complexity index is 889. The van der Waals surface area contributed by atoms with E-state index in [2.05, 4.69) is 4.74 Å². The number of alkyl halides is 3. The zero-order chi connectivity index (χ0) is 19.7. The van der Waals surface area contributed by atoms with Gasteiger partial charge in [0, 0.05) is 31.6 Å². The molecule has 0 atom stereocenters. The molecule has 1 aromatic heterocycles. The minimum absolute atomic E-state index is 0.110. The number of hydrogen-bond acceptors (Lipinski definition) is 5. The Kier molecular flexibility index (Phi) is 5.45. The zero-order valence-corrected chi connectivity index (χ0v) is 15.5. The molecule has 3 rings (SSSR count). The summed E-state index contributed by atoms with van der Waals surface area (Å²) >= 11 is 1.40. The van der Waals surface area contributed by atoms with Crippen LogP contribution in [0.2, 0.25) is 0 Å². The standard InChI is InChI=1S/C16H15F3N2O4S2/c17-16(18,19)25-13-1-3-14(4-2-13)27(23,24)21-8-6-20(7-9-21)15(22)12-5-10-26-11-12/h1-5,10-11H,6-9H2. The van der Waals surface area contributed by atoms with Crippen molar-refractivity contribution in [1.82, 2.24) is 9.21 Å². The summed E-state index contributed by atoms with van der Waals surface area (Å²) in [6, 6.07) is 5.76. The number of benzene rings is 1. The van der Waals surface area contributed by atoms with Crippen molar-refractivity contribution in [2.24, 2.45) is 0 Å². The summed E-state index contributed by atoms with van der Waals surface area (Å²) in [5.74, 6) is -0.644. The van der Waals surface area contributed by atoms with Crippen LogP contribution in [-0.4, -0.2) is 56.1 Å². The van der Waals surface area contributed by atoms with Gasteiger partial charge in [-0.3, -0.25) is 4.79 Å². The Morgan fingerprint density at radius 2 is 1.67 bits per heavy atom. The van der Waals surface area contributed by atoms with Crippen molar-refractivity contribution in [2.45, 2.75) is 11.3 Å². The van der Waals surface area contributed by atoms with Gasteiger partial charge in [-0.1, -0.05) is 0 Å². The predicted octanol–water partition coefficient (Wildman–Crippen LogP) is 2.79. The molecule has 0 unspecified atom stereocenters. The monoisotopic (exact) mass is 420 g/mol. The van der Waals surface area contributed by atoms with E-state index < -0.39 is 22.1 Å². The molecule has 1 aliphatic heterocycles. The first kappa shape index (κ1) is 19.6. The van der Waals surface area contributed by atoms with Gasteiger partial charge in [0.2, 0.25) is 10.0 Å². The summed E-state index contributed by atoms with van der Waals surface area (Å²) in [6.45, 7) is 0.699. The Labute approximate surface area is 157 Å². The Morgan fingerprint density at radius 1 is 1.04 bits per heavy atom. The second-order valence-corrected chi connectivity index (χ2v) is 8.45. The summed E-state index contributed by atoms with van der Waals surface area (Å²) in [5, 5.41) is 3.52. The van der Waals surface area contributed by atoms with Crippen LogP contribution in [0.3, 0.4) is 0 Å². The van der Waals surface area contributed by atoms with Crippen molar-refractivity contribution < 1.29 is 31.1 Å². The van der Waals surface area contributed by atoms with Crippen LogP contribution in [0.15, 0.2) is 46.0 Å². The van der Waals surface area contributed by atoms with E-state index in [0.29, 0.717) is 5.56 Å². The molecule has 27 heavy (non-hydrogen) atoms. The van der Waals surface area contributed by atoms with Crippen LogP contribution in [0.25, 0.3) is 0 Å². The molecule has 146 valence electrons. The number of ether oxygens (including phenoxy) is 1. The molecule has 1 fully saturated rings. The maximum atomic E-state index is 12.7. The van der Waals surface area contributed by atoms with Gasteiger partial charge in [-0.15, -0.1) is 13.2 Å². The van der Waals surface area contributed by atoms with Crippen molar-refractivity contribution in [1.29, 1.82) is 0 Å². The number of hydrogen-bond donors (Lipinski definition) is 0. The average molecular weight is 420 g/mol. The van der Waals surface area contributed by atoms with Crippen LogP contribution in [0, 0.1) is 0 Å². The van der Waals surface area contributed by atoms with E-state index in [-0.39, 0.29) is 37.0 Å². The van der Waals surface area contributed by atoms with E-state index in [4.69, 9.17) is 0 Å².